The minimum atomic E-state index is -0.215. The third kappa shape index (κ3) is 4.35. The summed E-state index contributed by atoms with van der Waals surface area (Å²) in [5.41, 5.74) is 3.83. The number of hydrogen-bond acceptors (Lipinski definition) is 3. The number of piperazine rings is 1. The summed E-state index contributed by atoms with van der Waals surface area (Å²) in [6.45, 7) is 4.81. The van der Waals surface area contributed by atoms with E-state index in [9.17, 15) is 9.59 Å². The molecule has 0 bridgehead atoms. The van der Waals surface area contributed by atoms with Crippen LogP contribution in [0, 0.1) is 6.92 Å². The number of benzene rings is 3. The number of nitrogens with zero attached hydrogens (tertiary/aromatic N) is 2. The van der Waals surface area contributed by atoms with E-state index < -0.39 is 0 Å². The van der Waals surface area contributed by atoms with Crippen molar-refractivity contribution in [2.75, 3.05) is 36.4 Å². The van der Waals surface area contributed by atoms with Crippen LogP contribution in [0.1, 0.15) is 26.3 Å². The van der Waals surface area contributed by atoms with Crippen molar-refractivity contribution < 1.29 is 9.59 Å². The lowest BCUT2D eigenvalue weighted by atomic mass is 10.1. The van der Waals surface area contributed by atoms with E-state index in [-0.39, 0.29) is 11.8 Å². The Balaban J connectivity index is 1.46. The van der Waals surface area contributed by atoms with Crippen molar-refractivity contribution in [2.24, 2.45) is 0 Å². The number of rotatable bonds is 4. The Labute approximate surface area is 176 Å². The lowest BCUT2D eigenvalue weighted by molar-refractivity contribution is 0.0748. The van der Waals surface area contributed by atoms with Crippen LogP contribution in [0.15, 0.2) is 78.9 Å². The molecule has 0 unspecified atom stereocenters. The topological polar surface area (TPSA) is 52.7 Å². The van der Waals surface area contributed by atoms with E-state index in [1.165, 1.54) is 5.69 Å². The number of hydrogen-bond donors (Lipinski definition) is 1. The highest BCUT2D eigenvalue weighted by molar-refractivity contribution is 6.09. The van der Waals surface area contributed by atoms with Crippen LogP contribution < -0.4 is 10.2 Å². The molecule has 5 heteroatoms. The number of aryl methyl sites for hydroxylation is 1. The van der Waals surface area contributed by atoms with E-state index in [1.54, 1.807) is 18.2 Å². The number of carbonyl (C=O) groups excluding carboxylic acids is 2. The molecule has 0 atom stereocenters. The fraction of sp³-hybridized carbons (Fsp3) is 0.200. The van der Waals surface area contributed by atoms with Gasteiger partial charge in [0.05, 0.1) is 11.3 Å². The van der Waals surface area contributed by atoms with Gasteiger partial charge < -0.3 is 15.1 Å². The maximum absolute atomic E-state index is 13.2. The molecule has 1 aliphatic rings. The highest BCUT2D eigenvalue weighted by Gasteiger charge is 2.24. The summed E-state index contributed by atoms with van der Waals surface area (Å²) in [4.78, 5) is 30.0. The summed E-state index contributed by atoms with van der Waals surface area (Å²) < 4.78 is 0. The van der Waals surface area contributed by atoms with Crippen molar-refractivity contribution in [1.82, 2.24) is 4.90 Å². The minimum Gasteiger partial charge on any atom is -0.368 e. The number of para-hydroxylation sites is 2. The number of carbonyl (C=O) groups is 2. The molecule has 0 aliphatic carbocycles. The predicted octanol–water partition coefficient (Wildman–Crippen LogP) is 4.21. The van der Waals surface area contributed by atoms with E-state index >= 15 is 0 Å². The summed E-state index contributed by atoms with van der Waals surface area (Å²) in [6, 6.07) is 24.9. The highest BCUT2D eigenvalue weighted by atomic mass is 16.2. The van der Waals surface area contributed by atoms with Crippen LogP contribution in [0.4, 0.5) is 11.4 Å². The Kier molecular flexibility index (Phi) is 5.80. The van der Waals surface area contributed by atoms with Crippen molar-refractivity contribution in [2.45, 2.75) is 6.92 Å². The van der Waals surface area contributed by atoms with Crippen molar-refractivity contribution in [1.29, 1.82) is 0 Å². The summed E-state index contributed by atoms with van der Waals surface area (Å²) >= 11 is 0. The van der Waals surface area contributed by atoms with Crippen molar-refractivity contribution >= 4 is 23.2 Å². The van der Waals surface area contributed by atoms with Crippen LogP contribution in [0.25, 0.3) is 0 Å². The second kappa shape index (κ2) is 8.82. The second-order valence-electron chi connectivity index (χ2n) is 7.48. The molecular weight excluding hydrogens is 374 g/mol. The SMILES string of the molecule is Cc1cccc(C(=O)Nc2ccccc2C(=O)N2CCN(c3ccccc3)CC2)c1. The largest absolute Gasteiger partial charge is 0.368 e. The number of amides is 2. The highest BCUT2D eigenvalue weighted by Crippen LogP contribution is 2.21. The first-order chi connectivity index (χ1) is 14.6. The molecule has 3 aromatic rings. The monoisotopic (exact) mass is 399 g/mol. The molecule has 4 rings (SSSR count). The normalized spacial score (nSPS) is 13.8. The minimum absolute atomic E-state index is 0.0529. The first kappa shape index (κ1) is 19.7. The van der Waals surface area contributed by atoms with Crippen LogP contribution in [0.3, 0.4) is 0 Å². The molecule has 152 valence electrons. The summed E-state index contributed by atoms with van der Waals surface area (Å²) in [7, 11) is 0. The molecule has 30 heavy (non-hydrogen) atoms. The Morgan fingerprint density at radius 1 is 0.800 bits per heavy atom. The van der Waals surface area contributed by atoms with E-state index in [2.05, 4.69) is 22.3 Å². The molecule has 3 aromatic carbocycles. The van der Waals surface area contributed by atoms with Gasteiger partial charge in [-0.3, -0.25) is 9.59 Å². The Hall–Kier alpha value is -3.60. The molecule has 1 heterocycles. The molecule has 5 nitrogen and oxygen atoms in total. The molecule has 0 saturated carbocycles. The Morgan fingerprint density at radius 3 is 2.23 bits per heavy atom. The average molecular weight is 399 g/mol. The molecule has 2 amide bonds. The van der Waals surface area contributed by atoms with Gasteiger partial charge in [0.15, 0.2) is 0 Å². The zero-order chi connectivity index (χ0) is 20.9. The first-order valence-corrected chi connectivity index (χ1v) is 10.2. The first-order valence-electron chi connectivity index (χ1n) is 10.2. The van der Waals surface area contributed by atoms with E-state index in [0.29, 0.717) is 29.9 Å². The lowest BCUT2D eigenvalue weighted by Gasteiger charge is -2.36. The summed E-state index contributed by atoms with van der Waals surface area (Å²) in [5.74, 6) is -0.268. The van der Waals surface area contributed by atoms with Gasteiger partial charge in [-0.05, 0) is 43.3 Å². The number of anilines is 2. The van der Waals surface area contributed by atoms with E-state index in [1.807, 2.05) is 60.4 Å². The summed E-state index contributed by atoms with van der Waals surface area (Å²) in [6.07, 6.45) is 0. The molecule has 0 aromatic heterocycles. The smallest absolute Gasteiger partial charge is 0.256 e. The molecular formula is C25H25N3O2. The van der Waals surface area contributed by atoms with Gasteiger partial charge in [0.1, 0.15) is 0 Å². The molecule has 1 aliphatic heterocycles. The van der Waals surface area contributed by atoms with Crippen LogP contribution in [0.5, 0.6) is 0 Å². The summed E-state index contributed by atoms with van der Waals surface area (Å²) in [5, 5.41) is 2.91. The Morgan fingerprint density at radius 2 is 1.50 bits per heavy atom. The predicted molar refractivity (Wildman–Crippen MR) is 120 cm³/mol. The van der Waals surface area contributed by atoms with Gasteiger partial charge in [0.25, 0.3) is 11.8 Å². The van der Waals surface area contributed by atoms with Crippen molar-refractivity contribution in [3.63, 3.8) is 0 Å². The lowest BCUT2D eigenvalue weighted by Crippen LogP contribution is -2.48. The van der Waals surface area contributed by atoms with Gasteiger partial charge in [-0.25, -0.2) is 0 Å². The zero-order valence-electron chi connectivity index (χ0n) is 17.0. The molecule has 0 spiro atoms. The van der Waals surface area contributed by atoms with Crippen molar-refractivity contribution in [3.05, 3.63) is 95.6 Å². The molecule has 0 radical (unpaired) electrons. The van der Waals surface area contributed by atoms with Crippen LogP contribution >= 0.6 is 0 Å². The average Bonchev–Trinajstić information content (AvgIpc) is 2.80. The van der Waals surface area contributed by atoms with Crippen molar-refractivity contribution in [3.8, 4) is 0 Å². The molecule has 1 fully saturated rings. The Bertz CT molecular complexity index is 1040. The van der Waals surface area contributed by atoms with Gasteiger partial charge in [-0.1, -0.05) is 48.0 Å². The van der Waals surface area contributed by atoms with Gasteiger partial charge in [-0.15, -0.1) is 0 Å². The van der Waals surface area contributed by atoms with Crippen LogP contribution in [-0.4, -0.2) is 42.9 Å². The fourth-order valence-corrected chi connectivity index (χ4v) is 3.74. The zero-order valence-corrected chi connectivity index (χ0v) is 17.0. The number of nitrogens with one attached hydrogen (secondary N) is 1. The van der Waals surface area contributed by atoms with E-state index in [0.717, 1.165) is 18.7 Å². The van der Waals surface area contributed by atoms with Crippen LogP contribution in [0.2, 0.25) is 0 Å². The van der Waals surface area contributed by atoms with E-state index in [4.69, 9.17) is 0 Å². The third-order valence-electron chi connectivity index (χ3n) is 5.37. The van der Waals surface area contributed by atoms with Gasteiger partial charge >= 0.3 is 0 Å². The quantitative estimate of drug-likeness (QED) is 0.715. The van der Waals surface area contributed by atoms with Crippen LogP contribution in [-0.2, 0) is 0 Å². The maximum Gasteiger partial charge on any atom is 0.256 e. The van der Waals surface area contributed by atoms with Gasteiger partial charge in [0.2, 0.25) is 0 Å². The standard InChI is InChI=1S/C25H25N3O2/c1-19-8-7-9-20(18-19)24(29)26-23-13-6-5-12-22(23)25(30)28-16-14-27(15-17-28)21-10-3-2-4-11-21/h2-13,18H,14-17H2,1H3,(H,26,29). The fourth-order valence-electron chi connectivity index (χ4n) is 3.74. The third-order valence-corrected chi connectivity index (χ3v) is 5.37. The molecule has 1 N–H and O–H groups in total. The maximum atomic E-state index is 13.2. The van der Waals surface area contributed by atoms with Gasteiger partial charge in [0, 0.05) is 37.4 Å². The molecule has 1 saturated heterocycles. The second-order valence-corrected chi connectivity index (χ2v) is 7.48. The van der Waals surface area contributed by atoms with Gasteiger partial charge in [-0.2, -0.15) is 0 Å².